The summed E-state index contributed by atoms with van der Waals surface area (Å²) < 4.78 is 11.5. The van der Waals surface area contributed by atoms with Gasteiger partial charge < -0.3 is 14.8 Å². The molecule has 19 heavy (non-hydrogen) atoms. The van der Waals surface area contributed by atoms with Gasteiger partial charge in [0.25, 0.3) is 0 Å². The van der Waals surface area contributed by atoms with Gasteiger partial charge in [0.2, 0.25) is 0 Å². The summed E-state index contributed by atoms with van der Waals surface area (Å²) in [7, 11) is 0. The summed E-state index contributed by atoms with van der Waals surface area (Å²) in [6.45, 7) is 4.59. The number of ether oxygens (including phenoxy) is 2. The molecular formula is C15H22N2O2. The summed E-state index contributed by atoms with van der Waals surface area (Å²) in [5.41, 5.74) is 1.07. The fourth-order valence-electron chi connectivity index (χ4n) is 3.10. The van der Waals surface area contributed by atoms with E-state index in [-0.39, 0.29) is 11.6 Å². The van der Waals surface area contributed by atoms with Crippen LogP contribution in [0.3, 0.4) is 0 Å². The van der Waals surface area contributed by atoms with Crippen LogP contribution in [-0.2, 0) is 9.47 Å². The molecule has 4 nitrogen and oxygen atoms in total. The predicted octanol–water partition coefficient (Wildman–Crippen LogP) is 2.07. The van der Waals surface area contributed by atoms with Crippen molar-refractivity contribution in [1.29, 1.82) is 0 Å². The van der Waals surface area contributed by atoms with Crippen molar-refractivity contribution in [2.24, 2.45) is 0 Å². The Morgan fingerprint density at radius 1 is 1.42 bits per heavy atom. The van der Waals surface area contributed by atoms with Gasteiger partial charge in [-0.15, -0.1) is 0 Å². The molecule has 0 aromatic carbocycles. The van der Waals surface area contributed by atoms with Gasteiger partial charge in [-0.3, -0.25) is 4.98 Å². The zero-order valence-corrected chi connectivity index (χ0v) is 11.5. The first-order valence-electron chi connectivity index (χ1n) is 7.16. The summed E-state index contributed by atoms with van der Waals surface area (Å²) in [6.07, 6.45) is 5.00. The van der Waals surface area contributed by atoms with Gasteiger partial charge in [-0.25, -0.2) is 0 Å². The summed E-state index contributed by atoms with van der Waals surface area (Å²) in [5, 5.41) is 3.69. The molecule has 0 saturated carbocycles. The Labute approximate surface area is 114 Å². The standard InChI is InChI=1S/C15H22N2O2/c1-12(14-4-2-3-7-16-14)17-13-5-8-19-15(10-13)6-9-18-11-15/h2-4,7,12-13,17H,5-6,8-11H2,1H3/t12-,13?,15?/m0/s1. The van der Waals surface area contributed by atoms with Crippen LogP contribution < -0.4 is 5.32 Å². The van der Waals surface area contributed by atoms with E-state index in [2.05, 4.69) is 23.3 Å². The maximum atomic E-state index is 5.96. The molecule has 1 N–H and O–H groups in total. The highest BCUT2D eigenvalue weighted by atomic mass is 16.6. The SMILES string of the molecule is C[C@H](NC1CCOC2(CCOC2)C1)c1ccccn1. The van der Waals surface area contributed by atoms with E-state index in [1.807, 2.05) is 18.3 Å². The average Bonchev–Trinajstić information content (AvgIpc) is 2.88. The van der Waals surface area contributed by atoms with Gasteiger partial charge in [-0.05, 0) is 31.9 Å². The minimum absolute atomic E-state index is 0.0280. The number of hydrogen-bond donors (Lipinski definition) is 1. The number of rotatable bonds is 3. The van der Waals surface area contributed by atoms with Gasteiger partial charge >= 0.3 is 0 Å². The van der Waals surface area contributed by atoms with E-state index in [1.165, 1.54) is 0 Å². The number of pyridine rings is 1. The van der Waals surface area contributed by atoms with Gasteiger partial charge in [0.1, 0.15) is 0 Å². The third-order valence-electron chi connectivity index (χ3n) is 4.18. The van der Waals surface area contributed by atoms with Crippen LogP contribution in [0.1, 0.15) is 37.9 Å². The summed E-state index contributed by atoms with van der Waals surface area (Å²) in [4.78, 5) is 4.41. The van der Waals surface area contributed by atoms with E-state index in [4.69, 9.17) is 9.47 Å². The molecule has 3 rings (SSSR count). The normalized spacial score (nSPS) is 32.6. The van der Waals surface area contributed by atoms with Crippen LogP contribution in [0.25, 0.3) is 0 Å². The van der Waals surface area contributed by atoms with Crippen molar-refractivity contribution < 1.29 is 9.47 Å². The molecule has 4 heteroatoms. The Morgan fingerprint density at radius 3 is 3.11 bits per heavy atom. The van der Waals surface area contributed by atoms with Crippen LogP contribution in [0.5, 0.6) is 0 Å². The monoisotopic (exact) mass is 262 g/mol. The topological polar surface area (TPSA) is 43.4 Å². The van der Waals surface area contributed by atoms with Crippen molar-refractivity contribution in [1.82, 2.24) is 10.3 Å². The van der Waals surface area contributed by atoms with Crippen LogP contribution in [0.2, 0.25) is 0 Å². The molecule has 2 aliphatic heterocycles. The van der Waals surface area contributed by atoms with E-state index in [1.54, 1.807) is 0 Å². The molecule has 104 valence electrons. The third kappa shape index (κ3) is 2.96. The lowest BCUT2D eigenvalue weighted by molar-refractivity contribution is -0.0902. The molecule has 0 amide bonds. The van der Waals surface area contributed by atoms with Gasteiger partial charge in [0, 0.05) is 37.9 Å². The molecule has 3 atom stereocenters. The molecular weight excluding hydrogens is 240 g/mol. The highest BCUT2D eigenvalue weighted by Crippen LogP contribution is 2.33. The van der Waals surface area contributed by atoms with Crippen molar-refractivity contribution in [3.05, 3.63) is 30.1 Å². The minimum atomic E-state index is -0.0280. The first-order valence-corrected chi connectivity index (χ1v) is 7.16. The third-order valence-corrected chi connectivity index (χ3v) is 4.18. The summed E-state index contributed by atoms with van der Waals surface area (Å²) >= 11 is 0. The second-order valence-corrected chi connectivity index (χ2v) is 5.67. The van der Waals surface area contributed by atoms with Crippen LogP contribution in [0.15, 0.2) is 24.4 Å². The first kappa shape index (κ1) is 13.0. The number of nitrogens with zero attached hydrogens (tertiary/aromatic N) is 1. The average molecular weight is 262 g/mol. The van der Waals surface area contributed by atoms with Gasteiger partial charge in [0.05, 0.1) is 17.9 Å². The zero-order valence-electron chi connectivity index (χ0n) is 11.5. The maximum absolute atomic E-state index is 5.96. The second-order valence-electron chi connectivity index (χ2n) is 5.67. The summed E-state index contributed by atoms with van der Waals surface area (Å²) in [6, 6.07) is 6.84. The zero-order chi connectivity index (χ0) is 13.1. The number of aromatic nitrogens is 1. The highest BCUT2D eigenvalue weighted by molar-refractivity contribution is 5.08. The quantitative estimate of drug-likeness (QED) is 0.905. The number of hydrogen-bond acceptors (Lipinski definition) is 4. The van der Waals surface area contributed by atoms with Crippen molar-refractivity contribution >= 4 is 0 Å². The molecule has 2 fully saturated rings. The minimum Gasteiger partial charge on any atom is -0.378 e. The Bertz CT molecular complexity index is 404. The van der Waals surface area contributed by atoms with Crippen LogP contribution in [0.4, 0.5) is 0 Å². The largest absolute Gasteiger partial charge is 0.378 e. The molecule has 0 radical (unpaired) electrons. The fraction of sp³-hybridized carbons (Fsp3) is 0.667. The summed E-state index contributed by atoms with van der Waals surface area (Å²) in [5.74, 6) is 0. The Morgan fingerprint density at radius 2 is 2.37 bits per heavy atom. The molecule has 1 spiro atoms. The molecule has 0 bridgehead atoms. The molecule has 3 heterocycles. The fourth-order valence-corrected chi connectivity index (χ4v) is 3.10. The van der Waals surface area contributed by atoms with E-state index in [9.17, 15) is 0 Å². The lowest BCUT2D eigenvalue weighted by atomic mass is 9.89. The highest BCUT2D eigenvalue weighted by Gasteiger charge is 2.41. The molecule has 1 aromatic rings. The predicted molar refractivity (Wildman–Crippen MR) is 72.9 cm³/mol. The molecule has 0 aliphatic carbocycles. The lowest BCUT2D eigenvalue weighted by Gasteiger charge is -2.38. The lowest BCUT2D eigenvalue weighted by Crippen LogP contribution is -2.48. The van der Waals surface area contributed by atoms with Crippen molar-refractivity contribution in [3.8, 4) is 0 Å². The van der Waals surface area contributed by atoms with E-state index < -0.39 is 0 Å². The van der Waals surface area contributed by atoms with Crippen molar-refractivity contribution in [2.75, 3.05) is 19.8 Å². The van der Waals surface area contributed by atoms with Gasteiger partial charge in [0.15, 0.2) is 0 Å². The Balaban J connectivity index is 1.60. The molecule has 2 aliphatic rings. The maximum Gasteiger partial charge on any atom is 0.0951 e. The molecule has 2 unspecified atom stereocenters. The second kappa shape index (κ2) is 5.57. The molecule has 2 saturated heterocycles. The van der Waals surface area contributed by atoms with Crippen molar-refractivity contribution in [3.63, 3.8) is 0 Å². The van der Waals surface area contributed by atoms with E-state index >= 15 is 0 Å². The Hall–Kier alpha value is -0.970. The van der Waals surface area contributed by atoms with E-state index in [0.29, 0.717) is 6.04 Å². The first-order chi connectivity index (χ1) is 9.27. The van der Waals surface area contributed by atoms with Gasteiger partial charge in [-0.1, -0.05) is 6.07 Å². The van der Waals surface area contributed by atoms with E-state index in [0.717, 1.165) is 44.8 Å². The Kier molecular flexibility index (Phi) is 3.82. The van der Waals surface area contributed by atoms with Crippen LogP contribution >= 0.6 is 0 Å². The van der Waals surface area contributed by atoms with Crippen LogP contribution in [-0.4, -0.2) is 36.4 Å². The van der Waals surface area contributed by atoms with Gasteiger partial charge in [-0.2, -0.15) is 0 Å². The van der Waals surface area contributed by atoms with Crippen LogP contribution in [0, 0.1) is 0 Å². The smallest absolute Gasteiger partial charge is 0.0951 e. The molecule has 1 aromatic heterocycles. The number of nitrogens with one attached hydrogen (secondary N) is 1. The van der Waals surface area contributed by atoms with Crippen molar-refractivity contribution in [2.45, 2.75) is 43.9 Å².